The van der Waals surface area contributed by atoms with Gasteiger partial charge in [0.1, 0.15) is 18.0 Å². The van der Waals surface area contributed by atoms with Gasteiger partial charge in [-0.25, -0.2) is 4.79 Å². The number of piperazine rings is 1. The predicted octanol–water partition coefficient (Wildman–Crippen LogP) is 4.66. The molecule has 0 bridgehead atoms. The number of nitrogens with zero attached hydrogens (tertiary/aromatic N) is 4. The van der Waals surface area contributed by atoms with Gasteiger partial charge in [-0.15, -0.1) is 0 Å². The summed E-state index contributed by atoms with van der Waals surface area (Å²) in [5.41, 5.74) is 2.49. The molecule has 0 aliphatic carbocycles. The molecule has 0 radical (unpaired) electrons. The van der Waals surface area contributed by atoms with Crippen molar-refractivity contribution < 1.29 is 19.5 Å². The normalized spacial score (nSPS) is 18.7. The third-order valence-electron chi connectivity index (χ3n) is 7.57. The third kappa shape index (κ3) is 6.48. The molecule has 0 saturated carbocycles. The smallest absolute Gasteiger partial charge is 0.332 e. The van der Waals surface area contributed by atoms with Crippen LogP contribution in [-0.4, -0.2) is 74.6 Å². The number of carbonyl (C=O) groups excluding carboxylic acids is 3. The van der Waals surface area contributed by atoms with Gasteiger partial charge in [-0.05, 0) is 47.4 Å². The molecular weight excluding hydrogens is 577 g/mol. The van der Waals surface area contributed by atoms with Gasteiger partial charge in [0, 0.05) is 36.1 Å². The van der Waals surface area contributed by atoms with Crippen LogP contribution in [0.15, 0.2) is 72.8 Å². The highest BCUT2D eigenvalue weighted by Gasteiger charge is 2.52. The van der Waals surface area contributed by atoms with Gasteiger partial charge in [0.25, 0.3) is 0 Å². The van der Waals surface area contributed by atoms with Crippen LogP contribution in [0.1, 0.15) is 30.0 Å². The van der Waals surface area contributed by atoms with E-state index in [-0.39, 0.29) is 49.7 Å². The van der Waals surface area contributed by atoms with Crippen molar-refractivity contribution in [1.82, 2.24) is 25.1 Å². The molecule has 2 aliphatic rings. The highest BCUT2D eigenvalue weighted by atomic mass is 35.5. The molecule has 4 amide bonds. The fourth-order valence-corrected chi connectivity index (χ4v) is 5.99. The molecule has 9 nitrogen and oxygen atoms in total. The SMILES string of the molecule is CCCN(C(=O)NCc1ccccc1)N1CC(=O)N2[C@@H](Cc3ccc(O)cc3)C(=O)N(Cc3ccc(Cl)cc3Cl)C[C@@H]21. The Labute approximate surface area is 255 Å². The van der Waals surface area contributed by atoms with Crippen molar-refractivity contribution in [1.29, 1.82) is 0 Å². The van der Waals surface area contributed by atoms with Crippen LogP contribution in [0.3, 0.4) is 0 Å². The number of hydrogen-bond donors (Lipinski definition) is 2. The first-order chi connectivity index (χ1) is 20.2. The van der Waals surface area contributed by atoms with Crippen LogP contribution in [-0.2, 0) is 29.1 Å². The first-order valence-electron chi connectivity index (χ1n) is 13.9. The number of phenols is 1. The van der Waals surface area contributed by atoms with Gasteiger partial charge in [0.05, 0.1) is 13.1 Å². The van der Waals surface area contributed by atoms with E-state index in [1.807, 2.05) is 37.3 Å². The Morgan fingerprint density at radius 2 is 1.76 bits per heavy atom. The monoisotopic (exact) mass is 609 g/mol. The zero-order chi connectivity index (χ0) is 29.8. The van der Waals surface area contributed by atoms with E-state index in [0.717, 1.165) is 16.7 Å². The molecule has 0 aromatic heterocycles. The van der Waals surface area contributed by atoms with E-state index in [9.17, 15) is 19.5 Å². The van der Waals surface area contributed by atoms with Crippen LogP contribution in [0, 0.1) is 0 Å². The second-order valence-corrected chi connectivity index (χ2v) is 11.3. The van der Waals surface area contributed by atoms with Crippen molar-refractivity contribution in [2.45, 2.75) is 45.1 Å². The minimum atomic E-state index is -0.798. The summed E-state index contributed by atoms with van der Waals surface area (Å²) in [5, 5.41) is 17.0. The van der Waals surface area contributed by atoms with E-state index in [2.05, 4.69) is 5.32 Å². The second kappa shape index (κ2) is 13.0. The Bertz CT molecular complexity index is 1440. The Morgan fingerprint density at radius 3 is 2.45 bits per heavy atom. The van der Waals surface area contributed by atoms with Crippen LogP contribution in [0.25, 0.3) is 0 Å². The molecule has 2 saturated heterocycles. The zero-order valence-corrected chi connectivity index (χ0v) is 24.8. The van der Waals surface area contributed by atoms with Crippen molar-refractivity contribution in [3.8, 4) is 5.75 Å². The van der Waals surface area contributed by atoms with E-state index in [1.54, 1.807) is 62.3 Å². The maximum atomic E-state index is 14.0. The molecule has 3 aromatic rings. The molecule has 0 spiro atoms. The highest BCUT2D eigenvalue weighted by Crippen LogP contribution is 2.32. The molecular formula is C31H33Cl2N5O4. The van der Waals surface area contributed by atoms with Gasteiger partial charge in [-0.1, -0.05) is 78.7 Å². The number of carbonyl (C=O) groups is 3. The van der Waals surface area contributed by atoms with Crippen molar-refractivity contribution in [2.24, 2.45) is 0 Å². The quantitative estimate of drug-likeness (QED) is 0.368. The van der Waals surface area contributed by atoms with Gasteiger partial charge in [0.15, 0.2) is 0 Å². The standard InChI is InChI=1S/C31H33Cl2N5O4/c1-2-14-36(31(42)34-17-22-6-4-3-5-7-22)37-20-29(40)38-27(15-21-8-12-25(39)13-9-21)30(41)35(19-28(37)38)18-23-10-11-24(32)16-26(23)33/h3-13,16,27-28,39H,2,14-15,17-20H2,1H3,(H,34,42)/t27-,28+/m0/s1. The van der Waals surface area contributed by atoms with Crippen LogP contribution in [0.2, 0.25) is 10.0 Å². The Hall–Kier alpha value is -3.79. The molecule has 0 unspecified atom stereocenters. The summed E-state index contributed by atoms with van der Waals surface area (Å²) in [6, 6.07) is 20.3. The van der Waals surface area contributed by atoms with Crippen LogP contribution >= 0.6 is 23.2 Å². The minimum Gasteiger partial charge on any atom is -0.508 e. The lowest BCUT2D eigenvalue weighted by molar-refractivity contribution is -0.157. The van der Waals surface area contributed by atoms with E-state index in [1.165, 1.54) is 0 Å². The fraction of sp³-hybridized carbons (Fsp3) is 0.323. The molecule has 220 valence electrons. The number of phenolic OH excluding ortho intramolecular Hbond substituents is 1. The third-order valence-corrected chi connectivity index (χ3v) is 8.16. The first-order valence-corrected chi connectivity index (χ1v) is 14.7. The van der Waals surface area contributed by atoms with Gasteiger partial charge < -0.3 is 20.2 Å². The first kappa shape index (κ1) is 29.7. The summed E-state index contributed by atoms with van der Waals surface area (Å²) < 4.78 is 0. The summed E-state index contributed by atoms with van der Waals surface area (Å²) in [6.45, 7) is 3.11. The number of aromatic hydroxyl groups is 1. The number of hydrogen-bond acceptors (Lipinski definition) is 5. The Morgan fingerprint density at radius 1 is 1.02 bits per heavy atom. The van der Waals surface area contributed by atoms with Crippen LogP contribution in [0.4, 0.5) is 4.79 Å². The van der Waals surface area contributed by atoms with E-state index in [0.29, 0.717) is 29.6 Å². The van der Waals surface area contributed by atoms with Crippen LogP contribution in [0.5, 0.6) is 5.75 Å². The topological polar surface area (TPSA) is 96.4 Å². The number of amides is 4. The van der Waals surface area contributed by atoms with Crippen molar-refractivity contribution >= 4 is 41.0 Å². The average molecular weight is 611 g/mol. The summed E-state index contributed by atoms with van der Waals surface area (Å²) in [5.74, 6) is -0.319. The maximum absolute atomic E-state index is 14.0. The number of urea groups is 1. The number of halogens is 2. The molecule has 11 heteroatoms. The fourth-order valence-electron chi connectivity index (χ4n) is 5.52. The molecule has 42 heavy (non-hydrogen) atoms. The number of rotatable bonds is 9. The highest BCUT2D eigenvalue weighted by molar-refractivity contribution is 6.35. The molecule has 3 aromatic carbocycles. The predicted molar refractivity (Wildman–Crippen MR) is 160 cm³/mol. The van der Waals surface area contributed by atoms with E-state index < -0.39 is 12.2 Å². The summed E-state index contributed by atoms with van der Waals surface area (Å²) in [6.07, 6.45) is 0.377. The van der Waals surface area contributed by atoms with Gasteiger partial charge in [-0.2, -0.15) is 5.01 Å². The van der Waals surface area contributed by atoms with Crippen molar-refractivity contribution in [3.63, 3.8) is 0 Å². The molecule has 5 rings (SSSR count). The summed E-state index contributed by atoms with van der Waals surface area (Å²) in [7, 11) is 0. The molecule has 2 N–H and O–H groups in total. The van der Waals surface area contributed by atoms with Crippen LogP contribution < -0.4 is 5.32 Å². The largest absolute Gasteiger partial charge is 0.508 e. The summed E-state index contributed by atoms with van der Waals surface area (Å²) >= 11 is 12.6. The number of nitrogens with one attached hydrogen (secondary N) is 1. The van der Waals surface area contributed by atoms with Gasteiger partial charge >= 0.3 is 6.03 Å². The van der Waals surface area contributed by atoms with Gasteiger partial charge in [0.2, 0.25) is 11.8 Å². The number of hydrazine groups is 1. The van der Waals surface area contributed by atoms with Crippen molar-refractivity contribution in [3.05, 3.63) is 99.5 Å². The molecule has 2 atom stereocenters. The molecule has 2 fully saturated rings. The lowest BCUT2D eigenvalue weighted by atomic mass is 10.00. The maximum Gasteiger partial charge on any atom is 0.332 e. The number of benzene rings is 3. The average Bonchev–Trinajstić information content (AvgIpc) is 3.30. The summed E-state index contributed by atoms with van der Waals surface area (Å²) in [4.78, 5) is 44.3. The second-order valence-electron chi connectivity index (χ2n) is 10.5. The lowest BCUT2D eigenvalue weighted by Gasteiger charge is -2.46. The molecule has 2 heterocycles. The zero-order valence-electron chi connectivity index (χ0n) is 23.2. The Kier molecular flexibility index (Phi) is 9.21. The van der Waals surface area contributed by atoms with Gasteiger partial charge in [-0.3, -0.25) is 14.6 Å². The molecule has 2 aliphatic heterocycles. The Balaban J connectivity index is 1.44. The van der Waals surface area contributed by atoms with E-state index in [4.69, 9.17) is 23.2 Å². The number of fused-ring (bicyclic) bond motifs is 1. The lowest BCUT2D eigenvalue weighted by Crippen LogP contribution is -2.66. The van der Waals surface area contributed by atoms with Crippen molar-refractivity contribution in [2.75, 3.05) is 19.6 Å². The van der Waals surface area contributed by atoms with E-state index >= 15 is 0 Å². The minimum absolute atomic E-state index is 0.0294.